The molecule has 0 heterocycles. The van der Waals surface area contributed by atoms with E-state index in [2.05, 4.69) is 11.8 Å². The van der Waals surface area contributed by atoms with Gasteiger partial charge in [-0.25, -0.2) is 0 Å². The average molecular weight is 120 g/mol. The molecule has 0 aromatic carbocycles. The third-order valence-electron chi connectivity index (χ3n) is 0.725. The van der Waals surface area contributed by atoms with E-state index >= 15 is 0 Å². The quantitative estimate of drug-likeness (QED) is 0.417. The number of rotatable bonds is 2. The standard InChI is InChI=1S/C8H8O/c1-3-5-6-7-8(9)4-2/h1-2,6-9H,5H2. The van der Waals surface area contributed by atoms with Crippen molar-refractivity contribution in [2.75, 3.05) is 0 Å². The molecule has 1 N–H and O–H groups in total. The van der Waals surface area contributed by atoms with Crippen molar-refractivity contribution in [1.29, 1.82) is 0 Å². The lowest BCUT2D eigenvalue weighted by molar-refractivity contribution is 0.280. The summed E-state index contributed by atoms with van der Waals surface area (Å²) < 4.78 is 0. The molecule has 0 amide bonds. The van der Waals surface area contributed by atoms with Crippen molar-refractivity contribution in [3.8, 4) is 24.7 Å². The number of allylic oxidation sites excluding steroid dienone is 1. The second kappa shape index (κ2) is 4.97. The van der Waals surface area contributed by atoms with Gasteiger partial charge in [0.2, 0.25) is 0 Å². The maximum absolute atomic E-state index is 8.69. The number of hydrogen-bond donors (Lipinski definition) is 1. The van der Waals surface area contributed by atoms with Crippen molar-refractivity contribution < 1.29 is 5.11 Å². The third kappa shape index (κ3) is 4.68. The lowest BCUT2D eigenvalue weighted by atomic mass is 10.3. The largest absolute Gasteiger partial charge is 0.377 e. The van der Waals surface area contributed by atoms with Crippen molar-refractivity contribution in [2.24, 2.45) is 0 Å². The first-order chi connectivity index (χ1) is 4.31. The first-order valence-electron chi connectivity index (χ1n) is 2.55. The van der Waals surface area contributed by atoms with Gasteiger partial charge < -0.3 is 5.11 Å². The summed E-state index contributed by atoms with van der Waals surface area (Å²) in [5.41, 5.74) is 0. The van der Waals surface area contributed by atoms with Crippen molar-refractivity contribution in [2.45, 2.75) is 12.5 Å². The molecule has 0 saturated carbocycles. The van der Waals surface area contributed by atoms with Crippen molar-refractivity contribution in [3.63, 3.8) is 0 Å². The van der Waals surface area contributed by atoms with E-state index in [9.17, 15) is 0 Å². The van der Waals surface area contributed by atoms with E-state index < -0.39 is 6.10 Å². The number of hydrogen-bond acceptors (Lipinski definition) is 1. The molecular weight excluding hydrogens is 112 g/mol. The molecule has 0 saturated heterocycles. The van der Waals surface area contributed by atoms with E-state index in [-0.39, 0.29) is 0 Å². The van der Waals surface area contributed by atoms with E-state index in [1.54, 1.807) is 6.08 Å². The van der Waals surface area contributed by atoms with Crippen LogP contribution in [0.5, 0.6) is 0 Å². The predicted molar refractivity (Wildman–Crippen MR) is 37.4 cm³/mol. The van der Waals surface area contributed by atoms with Gasteiger partial charge in [0.1, 0.15) is 6.10 Å². The zero-order chi connectivity index (χ0) is 7.11. The molecule has 0 aliphatic rings. The highest BCUT2D eigenvalue weighted by Gasteiger charge is 1.85. The van der Waals surface area contributed by atoms with Crippen LogP contribution in [-0.2, 0) is 0 Å². The molecule has 1 unspecified atom stereocenters. The number of terminal acetylenes is 2. The smallest absolute Gasteiger partial charge is 0.133 e. The fourth-order valence-corrected chi connectivity index (χ4v) is 0.321. The van der Waals surface area contributed by atoms with Gasteiger partial charge in [0, 0.05) is 6.42 Å². The SMILES string of the molecule is C#CCC=CC(O)C#C. The fourth-order valence-electron chi connectivity index (χ4n) is 0.321. The zero-order valence-electron chi connectivity index (χ0n) is 5.04. The second-order valence-corrected chi connectivity index (χ2v) is 1.45. The summed E-state index contributed by atoms with van der Waals surface area (Å²) in [6.45, 7) is 0. The minimum absolute atomic E-state index is 0.513. The van der Waals surface area contributed by atoms with Crippen molar-refractivity contribution in [1.82, 2.24) is 0 Å². The van der Waals surface area contributed by atoms with Crippen molar-refractivity contribution >= 4 is 0 Å². The van der Waals surface area contributed by atoms with Crippen LogP contribution in [-0.4, -0.2) is 11.2 Å². The van der Waals surface area contributed by atoms with Gasteiger partial charge in [0.25, 0.3) is 0 Å². The Morgan fingerprint density at radius 3 is 2.67 bits per heavy atom. The molecule has 0 radical (unpaired) electrons. The summed E-state index contributed by atoms with van der Waals surface area (Å²) in [6, 6.07) is 0. The van der Waals surface area contributed by atoms with Gasteiger partial charge in [-0.05, 0) is 6.08 Å². The van der Waals surface area contributed by atoms with Gasteiger partial charge in [0.15, 0.2) is 0 Å². The summed E-state index contributed by atoms with van der Waals surface area (Å²) in [5, 5.41) is 8.69. The van der Waals surface area contributed by atoms with Crippen LogP contribution >= 0.6 is 0 Å². The molecule has 1 atom stereocenters. The van der Waals surface area contributed by atoms with Crippen LogP contribution in [0.15, 0.2) is 12.2 Å². The molecule has 0 aliphatic carbocycles. The molecule has 0 rings (SSSR count). The monoisotopic (exact) mass is 120 g/mol. The molecule has 0 spiro atoms. The Bertz CT molecular complexity index is 166. The molecule has 0 aromatic rings. The van der Waals surface area contributed by atoms with Gasteiger partial charge in [-0.2, -0.15) is 0 Å². The van der Waals surface area contributed by atoms with Gasteiger partial charge in [-0.1, -0.05) is 12.0 Å². The third-order valence-corrected chi connectivity index (χ3v) is 0.725. The second-order valence-electron chi connectivity index (χ2n) is 1.45. The number of aliphatic hydroxyl groups excluding tert-OH is 1. The maximum atomic E-state index is 8.69. The van der Waals surface area contributed by atoms with Crippen LogP contribution < -0.4 is 0 Å². The molecule has 0 aliphatic heterocycles. The summed E-state index contributed by atoms with van der Waals surface area (Å²) in [4.78, 5) is 0. The Balaban J connectivity index is 3.50. The Morgan fingerprint density at radius 1 is 1.56 bits per heavy atom. The molecular formula is C8H8O. The topological polar surface area (TPSA) is 20.2 Å². The Labute approximate surface area is 55.4 Å². The highest BCUT2D eigenvalue weighted by atomic mass is 16.3. The van der Waals surface area contributed by atoms with E-state index in [4.69, 9.17) is 18.0 Å². The Morgan fingerprint density at radius 2 is 2.22 bits per heavy atom. The van der Waals surface area contributed by atoms with E-state index in [0.717, 1.165) is 0 Å². The minimum Gasteiger partial charge on any atom is -0.377 e. The first-order valence-corrected chi connectivity index (χ1v) is 2.55. The molecule has 0 fully saturated rings. The molecule has 0 bridgehead atoms. The van der Waals surface area contributed by atoms with Gasteiger partial charge in [-0.15, -0.1) is 18.8 Å². The zero-order valence-corrected chi connectivity index (χ0v) is 5.04. The summed E-state index contributed by atoms with van der Waals surface area (Å²) in [5.74, 6) is 4.50. The van der Waals surface area contributed by atoms with Gasteiger partial charge in [0.05, 0.1) is 0 Å². The average Bonchev–Trinajstić information content (AvgIpc) is 1.89. The molecule has 1 nitrogen and oxygen atoms in total. The summed E-state index contributed by atoms with van der Waals surface area (Å²) in [6.07, 6.45) is 12.6. The number of aliphatic hydroxyl groups is 1. The van der Waals surface area contributed by atoms with Crippen molar-refractivity contribution in [3.05, 3.63) is 12.2 Å². The van der Waals surface area contributed by atoms with Gasteiger partial charge in [-0.3, -0.25) is 0 Å². The Kier molecular flexibility index (Phi) is 4.32. The first kappa shape index (κ1) is 7.82. The lowest BCUT2D eigenvalue weighted by Crippen LogP contribution is -1.94. The van der Waals surface area contributed by atoms with Crippen LogP contribution in [0.3, 0.4) is 0 Å². The van der Waals surface area contributed by atoms with E-state index in [0.29, 0.717) is 6.42 Å². The lowest BCUT2D eigenvalue weighted by Gasteiger charge is -1.88. The predicted octanol–water partition coefficient (Wildman–Crippen LogP) is 0.560. The molecule has 46 valence electrons. The van der Waals surface area contributed by atoms with E-state index in [1.165, 1.54) is 6.08 Å². The molecule has 9 heavy (non-hydrogen) atoms. The van der Waals surface area contributed by atoms with Crippen LogP contribution in [0.25, 0.3) is 0 Å². The van der Waals surface area contributed by atoms with Gasteiger partial charge >= 0.3 is 0 Å². The van der Waals surface area contributed by atoms with Crippen LogP contribution in [0.1, 0.15) is 6.42 Å². The normalized spacial score (nSPS) is 12.3. The molecule has 1 heteroatoms. The summed E-state index contributed by atoms with van der Waals surface area (Å²) >= 11 is 0. The fraction of sp³-hybridized carbons (Fsp3) is 0.250. The highest BCUT2D eigenvalue weighted by molar-refractivity contribution is 5.08. The maximum Gasteiger partial charge on any atom is 0.133 e. The minimum atomic E-state index is -0.793. The summed E-state index contributed by atoms with van der Waals surface area (Å²) in [7, 11) is 0. The van der Waals surface area contributed by atoms with Crippen LogP contribution in [0.2, 0.25) is 0 Å². The van der Waals surface area contributed by atoms with Crippen LogP contribution in [0.4, 0.5) is 0 Å². The van der Waals surface area contributed by atoms with Crippen LogP contribution in [0, 0.1) is 24.7 Å². The highest BCUT2D eigenvalue weighted by Crippen LogP contribution is 1.84. The Hall–Kier alpha value is -1.18. The molecule has 0 aromatic heterocycles. The van der Waals surface area contributed by atoms with E-state index in [1.807, 2.05) is 0 Å².